The number of benzene rings is 1. The van der Waals surface area contributed by atoms with Crippen molar-refractivity contribution in [3.63, 3.8) is 0 Å². The molecular weight excluding hydrogens is 356 g/mol. The monoisotopic (exact) mass is 400 g/mol. The van der Waals surface area contributed by atoms with E-state index in [1.54, 1.807) is 6.08 Å². The molecule has 0 heterocycles. The van der Waals surface area contributed by atoms with Crippen molar-refractivity contribution in [1.82, 2.24) is 0 Å². The minimum Gasteiger partial charge on any atom is -0.478 e. The number of unbranched alkanes of at least 4 members (excludes halogenated alkanes) is 15. The van der Waals surface area contributed by atoms with Crippen molar-refractivity contribution in [2.45, 2.75) is 116 Å². The molecule has 0 amide bonds. The lowest BCUT2D eigenvalue weighted by Crippen LogP contribution is -1.89. The fourth-order valence-corrected chi connectivity index (χ4v) is 3.90. The second-order valence-corrected chi connectivity index (χ2v) is 8.47. The minimum atomic E-state index is -0.895. The van der Waals surface area contributed by atoms with Gasteiger partial charge in [0.1, 0.15) is 0 Å². The Labute approximate surface area is 179 Å². The van der Waals surface area contributed by atoms with E-state index in [1.807, 2.05) is 12.1 Å². The zero-order valence-corrected chi connectivity index (χ0v) is 18.8. The number of aliphatic carboxylic acids is 1. The number of hydrogen-bond acceptors (Lipinski definition) is 1. The molecule has 29 heavy (non-hydrogen) atoms. The summed E-state index contributed by atoms with van der Waals surface area (Å²) in [5.74, 6) is -0.895. The van der Waals surface area contributed by atoms with Gasteiger partial charge in [-0.15, -0.1) is 0 Å². The lowest BCUT2D eigenvalue weighted by molar-refractivity contribution is -0.131. The summed E-state index contributed by atoms with van der Waals surface area (Å²) < 4.78 is 0. The van der Waals surface area contributed by atoms with Gasteiger partial charge in [-0.2, -0.15) is 0 Å². The van der Waals surface area contributed by atoms with Crippen LogP contribution in [-0.4, -0.2) is 11.1 Å². The molecule has 0 fully saturated rings. The number of carboxylic acid groups (broad SMARTS) is 1. The number of aryl methyl sites for hydroxylation is 1. The van der Waals surface area contributed by atoms with E-state index in [1.165, 1.54) is 114 Å². The molecule has 1 aromatic rings. The average molecular weight is 401 g/mol. The largest absolute Gasteiger partial charge is 0.478 e. The van der Waals surface area contributed by atoms with Crippen LogP contribution in [0, 0.1) is 0 Å². The van der Waals surface area contributed by atoms with Crippen LogP contribution in [0.1, 0.15) is 121 Å². The third-order valence-corrected chi connectivity index (χ3v) is 5.69. The first-order valence-electron chi connectivity index (χ1n) is 12.2. The molecule has 0 radical (unpaired) electrons. The Hall–Kier alpha value is -1.57. The molecule has 0 saturated heterocycles. The van der Waals surface area contributed by atoms with E-state index in [-0.39, 0.29) is 0 Å². The van der Waals surface area contributed by atoms with Crippen LogP contribution in [0.4, 0.5) is 0 Å². The van der Waals surface area contributed by atoms with Crippen molar-refractivity contribution in [2.75, 3.05) is 0 Å². The molecule has 0 aliphatic heterocycles. The van der Waals surface area contributed by atoms with Crippen LogP contribution in [-0.2, 0) is 11.2 Å². The highest BCUT2D eigenvalue weighted by Gasteiger charge is 1.97. The number of carbonyl (C=O) groups is 1. The summed E-state index contributed by atoms with van der Waals surface area (Å²) in [6.07, 6.45) is 26.3. The summed E-state index contributed by atoms with van der Waals surface area (Å²) in [7, 11) is 0. The van der Waals surface area contributed by atoms with Crippen molar-refractivity contribution in [2.24, 2.45) is 0 Å². The number of rotatable bonds is 19. The molecular formula is C27H44O2. The Bertz CT molecular complexity index is 547. The number of hydrogen-bond donors (Lipinski definition) is 1. The highest BCUT2D eigenvalue weighted by molar-refractivity contribution is 5.85. The van der Waals surface area contributed by atoms with Crippen LogP contribution in [0.5, 0.6) is 0 Å². The van der Waals surface area contributed by atoms with Crippen LogP contribution in [0.15, 0.2) is 30.3 Å². The number of carboxylic acids is 1. The van der Waals surface area contributed by atoms with Gasteiger partial charge in [-0.3, -0.25) is 0 Å². The topological polar surface area (TPSA) is 37.3 Å². The summed E-state index contributed by atoms with van der Waals surface area (Å²) in [5, 5.41) is 8.72. The van der Waals surface area contributed by atoms with Crippen molar-refractivity contribution in [1.29, 1.82) is 0 Å². The molecule has 0 saturated carbocycles. The van der Waals surface area contributed by atoms with E-state index in [0.717, 1.165) is 12.0 Å². The van der Waals surface area contributed by atoms with E-state index in [2.05, 4.69) is 19.1 Å². The molecule has 2 heteroatoms. The maximum atomic E-state index is 10.6. The van der Waals surface area contributed by atoms with Crippen LogP contribution in [0.2, 0.25) is 0 Å². The molecule has 1 N–H and O–H groups in total. The predicted molar refractivity (Wildman–Crippen MR) is 126 cm³/mol. The molecule has 0 bridgehead atoms. The van der Waals surface area contributed by atoms with Crippen molar-refractivity contribution in [3.8, 4) is 0 Å². The highest BCUT2D eigenvalue weighted by Crippen LogP contribution is 2.15. The molecule has 164 valence electrons. The SMILES string of the molecule is CCCCCCCCCCCCCCCCCCc1cccc(C=CC(=O)O)c1. The van der Waals surface area contributed by atoms with Gasteiger partial charge in [0.25, 0.3) is 0 Å². The van der Waals surface area contributed by atoms with Crippen molar-refractivity contribution < 1.29 is 9.90 Å². The molecule has 0 aliphatic carbocycles. The molecule has 0 atom stereocenters. The summed E-state index contributed by atoms with van der Waals surface area (Å²) in [6.45, 7) is 2.28. The zero-order valence-electron chi connectivity index (χ0n) is 18.8. The van der Waals surface area contributed by atoms with E-state index < -0.39 is 5.97 Å². The molecule has 1 aromatic carbocycles. The summed E-state index contributed by atoms with van der Waals surface area (Å²) in [5.41, 5.74) is 2.28. The third-order valence-electron chi connectivity index (χ3n) is 5.69. The molecule has 0 unspecified atom stereocenters. The summed E-state index contributed by atoms with van der Waals surface area (Å²) in [4.78, 5) is 10.6. The first kappa shape index (κ1) is 25.5. The van der Waals surface area contributed by atoms with Crippen molar-refractivity contribution in [3.05, 3.63) is 41.5 Å². The van der Waals surface area contributed by atoms with Gasteiger partial charge in [0.15, 0.2) is 0 Å². The smallest absolute Gasteiger partial charge is 0.328 e. The fourth-order valence-electron chi connectivity index (χ4n) is 3.90. The average Bonchev–Trinajstić information content (AvgIpc) is 2.72. The van der Waals surface area contributed by atoms with Gasteiger partial charge < -0.3 is 5.11 Å². The molecule has 0 aromatic heterocycles. The standard InChI is InChI=1S/C27H44O2/c1-2-3-4-5-6-7-8-9-10-11-12-13-14-15-16-17-19-25-20-18-21-26(24-25)22-23-27(28)29/h18,20-24H,2-17,19H2,1H3,(H,28,29). The Morgan fingerprint density at radius 3 is 1.72 bits per heavy atom. The molecule has 0 aliphatic rings. The second-order valence-electron chi connectivity index (χ2n) is 8.47. The Balaban J connectivity index is 1.89. The van der Waals surface area contributed by atoms with E-state index in [9.17, 15) is 4.79 Å². The first-order chi connectivity index (χ1) is 14.2. The van der Waals surface area contributed by atoms with Gasteiger partial charge in [-0.1, -0.05) is 128 Å². The minimum absolute atomic E-state index is 0.895. The quantitative estimate of drug-likeness (QED) is 0.186. The van der Waals surface area contributed by atoms with E-state index in [4.69, 9.17) is 5.11 Å². The van der Waals surface area contributed by atoms with Gasteiger partial charge in [-0.05, 0) is 30.0 Å². The van der Waals surface area contributed by atoms with Crippen LogP contribution < -0.4 is 0 Å². The van der Waals surface area contributed by atoms with E-state index in [0.29, 0.717) is 0 Å². The highest BCUT2D eigenvalue weighted by atomic mass is 16.4. The lowest BCUT2D eigenvalue weighted by Gasteiger charge is -2.04. The molecule has 2 nitrogen and oxygen atoms in total. The van der Waals surface area contributed by atoms with E-state index >= 15 is 0 Å². The lowest BCUT2D eigenvalue weighted by atomic mass is 10.0. The van der Waals surface area contributed by atoms with Crippen LogP contribution in [0.25, 0.3) is 6.08 Å². The Kier molecular flexibility index (Phi) is 16.2. The van der Waals surface area contributed by atoms with Crippen molar-refractivity contribution >= 4 is 12.0 Å². The normalized spacial score (nSPS) is 11.3. The first-order valence-corrected chi connectivity index (χ1v) is 12.2. The Morgan fingerprint density at radius 1 is 0.759 bits per heavy atom. The maximum absolute atomic E-state index is 10.6. The van der Waals surface area contributed by atoms with Gasteiger partial charge in [0, 0.05) is 6.08 Å². The van der Waals surface area contributed by atoms with Gasteiger partial charge in [0.05, 0.1) is 0 Å². The molecule has 1 rings (SSSR count). The van der Waals surface area contributed by atoms with Crippen LogP contribution in [0.3, 0.4) is 0 Å². The third kappa shape index (κ3) is 16.0. The van der Waals surface area contributed by atoms with Crippen LogP contribution >= 0.6 is 0 Å². The van der Waals surface area contributed by atoms with Gasteiger partial charge >= 0.3 is 5.97 Å². The Morgan fingerprint density at radius 2 is 1.24 bits per heavy atom. The molecule has 0 spiro atoms. The fraction of sp³-hybridized carbons (Fsp3) is 0.667. The van der Waals surface area contributed by atoms with Gasteiger partial charge in [0.2, 0.25) is 0 Å². The zero-order chi connectivity index (χ0) is 21.0. The van der Waals surface area contributed by atoms with Gasteiger partial charge in [-0.25, -0.2) is 4.79 Å². The predicted octanol–water partition coefficient (Wildman–Crippen LogP) is 8.59. The summed E-state index contributed by atoms with van der Waals surface area (Å²) in [6, 6.07) is 8.22. The second kappa shape index (κ2) is 18.5. The maximum Gasteiger partial charge on any atom is 0.328 e. The summed E-state index contributed by atoms with van der Waals surface area (Å²) >= 11 is 0.